The summed E-state index contributed by atoms with van der Waals surface area (Å²) in [5.41, 5.74) is -2.75. The van der Waals surface area contributed by atoms with Gasteiger partial charge in [-0.05, 0) is 25.1 Å². The molecule has 0 saturated carbocycles. The van der Waals surface area contributed by atoms with Crippen molar-refractivity contribution < 1.29 is 33.7 Å². The molecule has 0 radical (unpaired) electrons. The molecule has 0 bridgehead atoms. The van der Waals surface area contributed by atoms with Gasteiger partial charge >= 0.3 is 17.9 Å². The number of hydrogen-bond acceptors (Lipinski definition) is 8. The minimum Gasteiger partial charge on any atom is -0.506 e. The van der Waals surface area contributed by atoms with E-state index in [1.54, 1.807) is 0 Å². The molecule has 2 aromatic rings. The molecule has 1 heterocycles. The summed E-state index contributed by atoms with van der Waals surface area (Å²) in [6.07, 6.45) is 0. The molecular formula is C18H16ClNO8. The van der Waals surface area contributed by atoms with Crippen molar-refractivity contribution >= 4 is 29.5 Å². The highest BCUT2D eigenvalue weighted by Crippen LogP contribution is 2.28. The number of carbonyl (C=O) groups excluding carboxylic acids is 3. The minimum absolute atomic E-state index is 0.0857. The number of phenols is 1. The Hall–Kier alpha value is -3.33. The molecule has 0 saturated heterocycles. The lowest BCUT2D eigenvalue weighted by atomic mass is 10.0. The zero-order valence-corrected chi connectivity index (χ0v) is 15.9. The fourth-order valence-electron chi connectivity index (χ4n) is 2.50. The van der Waals surface area contributed by atoms with Crippen molar-refractivity contribution in [3.63, 3.8) is 0 Å². The topological polar surface area (TPSA) is 121 Å². The number of esters is 3. The maximum absolute atomic E-state index is 12.8. The number of methoxy groups -OCH3 is 2. The third-order valence-corrected chi connectivity index (χ3v) is 3.90. The fourth-order valence-corrected chi connectivity index (χ4v) is 2.66. The van der Waals surface area contributed by atoms with E-state index in [2.05, 4.69) is 9.47 Å². The molecule has 0 atom stereocenters. The molecule has 28 heavy (non-hydrogen) atoms. The summed E-state index contributed by atoms with van der Waals surface area (Å²) < 4.78 is 14.9. The van der Waals surface area contributed by atoms with E-state index in [4.69, 9.17) is 16.3 Å². The molecule has 0 aliphatic rings. The Morgan fingerprint density at radius 1 is 1.07 bits per heavy atom. The molecule has 1 aromatic heterocycles. The monoisotopic (exact) mass is 409 g/mol. The van der Waals surface area contributed by atoms with Crippen LogP contribution < -0.4 is 5.56 Å². The molecule has 0 amide bonds. The SMILES string of the molecule is CCOC(=O)c1c(C(=O)OC)c(C(=O)OC)cc(=O)n1-c1cc(Cl)ccc1O. The van der Waals surface area contributed by atoms with E-state index in [0.29, 0.717) is 0 Å². The second-order valence-corrected chi connectivity index (χ2v) is 5.73. The Bertz CT molecular complexity index is 1010. The predicted octanol–water partition coefficient (Wildman–Crippen LogP) is 1.95. The summed E-state index contributed by atoms with van der Waals surface area (Å²) in [4.78, 5) is 49.9. The van der Waals surface area contributed by atoms with Crippen LogP contribution in [0.4, 0.5) is 0 Å². The van der Waals surface area contributed by atoms with E-state index in [1.165, 1.54) is 25.1 Å². The van der Waals surface area contributed by atoms with Crippen LogP contribution in [0.1, 0.15) is 38.1 Å². The molecule has 0 unspecified atom stereocenters. The van der Waals surface area contributed by atoms with Gasteiger partial charge in [-0.15, -0.1) is 0 Å². The van der Waals surface area contributed by atoms with Crippen LogP contribution in [0.25, 0.3) is 5.69 Å². The smallest absolute Gasteiger partial charge is 0.356 e. The predicted molar refractivity (Wildman–Crippen MR) is 97.3 cm³/mol. The number of benzene rings is 1. The highest BCUT2D eigenvalue weighted by Gasteiger charge is 2.32. The van der Waals surface area contributed by atoms with Crippen molar-refractivity contribution in [2.75, 3.05) is 20.8 Å². The van der Waals surface area contributed by atoms with Gasteiger partial charge in [0.25, 0.3) is 5.56 Å². The van der Waals surface area contributed by atoms with Gasteiger partial charge in [0.2, 0.25) is 0 Å². The van der Waals surface area contributed by atoms with Crippen molar-refractivity contribution in [2.24, 2.45) is 0 Å². The number of pyridine rings is 1. The lowest BCUT2D eigenvalue weighted by Crippen LogP contribution is -2.31. The maximum Gasteiger partial charge on any atom is 0.356 e. The first-order chi connectivity index (χ1) is 13.3. The molecule has 9 nitrogen and oxygen atoms in total. The molecule has 10 heteroatoms. The Morgan fingerprint density at radius 2 is 1.71 bits per heavy atom. The first-order valence-corrected chi connectivity index (χ1v) is 8.27. The Kier molecular flexibility index (Phi) is 6.42. The van der Waals surface area contributed by atoms with Gasteiger partial charge in [0.05, 0.1) is 32.1 Å². The third kappa shape index (κ3) is 3.84. The van der Waals surface area contributed by atoms with E-state index >= 15 is 0 Å². The van der Waals surface area contributed by atoms with Gasteiger partial charge in [0.15, 0.2) is 5.69 Å². The fraction of sp³-hybridized carbons (Fsp3) is 0.222. The number of hydrogen-bond donors (Lipinski definition) is 1. The first-order valence-electron chi connectivity index (χ1n) is 7.89. The van der Waals surface area contributed by atoms with Crippen LogP contribution in [0.15, 0.2) is 29.1 Å². The maximum atomic E-state index is 12.8. The number of aromatic hydroxyl groups is 1. The summed E-state index contributed by atoms with van der Waals surface area (Å²) in [5, 5.41) is 10.3. The van der Waals surface area contributed by atoms with Crippen molar-refractivity contribution in [2.45, 2.75) is 6.92 Å². The highest BCUT2D eigenvalue weighted by molar-refractivity contribution is 6.30. The molecule has 0 aliphatic heterocycles. The van der Waals surface area contributed by atoms with Crippen molar-refractivity contribution in [1.82, 2.24) is 4.57 Å². The number of halogens is 1. The van der Waals surface area contributed by atoms with E-state index in [0.717, 1.165) is 24.9 Å². The van der Waals surface area contributed by atoms with Gasteiger partial charge in [-0.2, -0.15) is 0 Å². The Balaban J connectivity index is 3.06. The van der Waals surface area contributed by atoms with Gasteiger partial charge in [0, 0.05) is 11.1 Å². The van der Waals surface area contributed by atoms with Gasteiger partial charge in [0.1, 0.15) is 11.3 Å². The first kappa shape index (κ1) is 21.0. The molecule has 1 aromatic carbocycles. The second-order valence-electron chi connectivity index (χ2n) is 5.29. The molecule has 0 fully saturated rings. The van der Waals surface area contributed by atoms with Gasteiger partial charge in [-0.25, -0.2) is 14.4 Å². The van der Waals surface area contributed by atoms with E-state index in [-0.39, 0.29) is 17.3 Å². The third-order valence-electron chi connectivity index (χ3n) is 3.66. The average molecular weight is 410 g/mol. The van der Waals surface area contributed by atoms with Crippen LogP contribution in [0.3, 0.4) is 0 Å². The number of aromatic nitrogens is 1. The highest BCUT2D eigenvalue weighted by atomic mass is 35.5. The minimum atomic E-state index is -1.09. The zero-order valence-electron chi connectivity index (χ0n) is 15.1. The molecule has 148 valence electrons. The van der Waals surface area contributed by atoms with Crippen LogP contribution in [0.2, 0.25) is 5.02 Å². The number of rotatable bonds is 5. The summed E-state index contributed by atoms with van der Waals surface area (Å²) in [6, 6.07) is 4.56. The summed E-state index contributed by atoms with van der Waals surface area (Å²) in [7, 11) is 2.08. The van der Waals surface area contributed by atoms with E-state index in [1.807, 2.05) is 0 Å². The lowest BCUT2D eigenvalue weighted by Gasteiger charge is -2.18. The van der Waals surface area contributed by atoms with Crippen molar-refractivity contribution in [3.8, 4) is 11.4 Å². The summed E-state index contributed by atoms with van der Waals surface area (Å²) in [6.45, 7) is 1.43. The largest absolute Gasteiger partial charge is 0.506 e. The molecule has 0 aliphatic carbocycles. The van der Waals surface area contributed by atoms with Crippen LogP contribution in [0.5, 0.6) is 5.75 Å². The van der Waals surface area contributed by atoms with Crippen LogP contribution in [-0.4, -0.2) is 48.4 Å². The quantitative estimate of drug-likeness (QED) is 0.587. The normalized spacial score (nSPS) is 10.3. The average Bonchev–Trinajstić information content (AvgIpc) is 2.68. The Labute approximate surface area is 164 Å². The lowest BCUT2D eigenvalue weighted by molar-refractivity contribution is 0.0488. The number of ether oxygens (including phenoxy) is 3. The van der Waals surface area contributed by atoms with Gasteiger partial charge in [-0.1, -0.05) is 11.6 Å². The molecular weight excluding hydrogens is 394 g/mol. The standard InChI is InChI=1S/C18H16ClNO8/c1-4-28-18(25)15-14(17(24)27-3)10(16(23)26-2)8-13(22)20(15)11-7-9(19)5-6-12(11)21/h5-8,21H,4H2,1-3H3. The van der Waals surface area contributed by atoms with E-state index < -0.39 is 46.0 Å². The Morgan fingerprint density at radius 3 is 2.29 bits per heavy atom. The van der Waals surface area contributed by atoms with E-state index in [9.17, 15) is 24.3 Å². The van der Waals surface area contributed by atoms with Crippen molar-refractivity contribution in [1.29, 1.82) is 0 Å². The van der Waals surface area contributed by atoms with Crippen molar-refractivity contribution in [3.05, 3.63) is 56.5 Å². The molecule has 0 spiro atoms. The molecule has 1 N–H and O–H groups in total. The second kappa shape index (κ2) is 8.57. The van der Waals surface area contributed by atoms with Gasteiger partial charge < -0.3 is 19.3 Å². The summed E-state index contributed by atoms with van der Waals surface area (Å²) in [5.74, 6) is -3.62. The zero-order chi connectivity index (χ0) is 21.0. The number of phenolic OH excluding ortho intramolecular Hbond substituents is 1. The van der Waals surface area contributed by atoms with Gasteiger partial charge in [-0.3, -0.25) is 9.36 Å². The van der Waals surface area contributed by atoms with Crippen LogP contribution in [-0.2, 0) is 14.2 Å². The number of nitrogens with zero attached hydrogens (tertiary/aromatic N) is 1. The number of carbonyl (C=O) groups is 3. The van der Waals surface area contributed by atoms with Crippen LogP contribution >= 0.6 is 11.6 Å². The van der Waals surface area contributed by atoms with Crippen LogP contribution in [0, 0.1) is 0 Å². The summed E-state index contributed by atoms with van der Waals surface area (Å²) >= 11 is 5.94. The molecule has 2 rings (SSSR count).